The minimum absolute atomic E-state index is 0.0522. The average molecular weight is 354 g/mol. The quantitative estimate of drug-likeness (QED) is 0.608. The van der Waals surface area contributed by atoms with Crippen molar-refractivity contribution in [1.29, 1.82) is 0 Å². The smallest absolute Gasteiger partial charge is 0.191 e. The predicted octanol–water partition coefficient (Wildman–Crippen LogP) is 2.47. The van der Waals surface area contributed by atoms with Gasteiger partial charge in [0.1, 0.15) is 0 Å². The topological polar surface area (TPSA) is 61.8 Å². The van der Waals surface area contributed by atoms with E-state index in [9.17, 15) is 0 Å². The van der Waals surface area contributed by atoms with E-state index >= 15 is 0 Å². The summed E-state index contributed by atoms with van der Waals surface area (Å²) in [5, 5.41) is 9.96. The summed E-state index contributed by atoms with van der Waals surface area (Å²) in [6.07, 6.45) is 0.975. The minimum atomic E-state index is -0.0858. The van der Waals surface area contributed by atoms with Gasteiger partial charge in [-0.2, -0.15) is 0 Å². The van der Waals surface area contributed by atoms with Gasteiger partial charge in [0.2, 0.25) is 0 Å². The molecule has 0 amide bonds. The summed E-state index contributed by atoms with van der Waals surface area (Å²) in [4.78, 5) is 11.3. The number of nitrogens with zero attached hydrogens (tertiary/aromatic N) is 3. The number of aliphatic imine (C=N–C) groups is 1. The summed E-state index contributed by atoms with van der Waals surface area (Å²) in [5.74, 6) is 0.841. The molecule has 1 heterocycles. The van der Waals surface area contributed by atoms with Crippen LogP contribution in [0.25, 0.3) is 0 Å². The highest BCUT2D eigenvalue weighted by atomic mass is 32.1. The normalized spacial score (nSPS) is 26.0. The second-order valence-electron chi connectivity index (χ2n) is 7.27. The SMILES string of the molecule is CCNC(=NCc1csc(N(C)C)n1)NC1CC(C)(OC)C1(C)C. The van der Waals surface area contributed by atoms with Gasteiger partial charge in [-0.1, -0.05) is 13.8 Å². The van der Waals surface area contributed by atoms with Crippen molar-refractivity contribution in [3.8, 4) is 0 Å². The van der Waals surface area contributed by atoms with Crippen molar-refractivity contribution in [1.82, 2.24) is 15.6 Å². The number of methoxy groups -OCH3 is 1. The van der Waals surface area contributed by atoms with E-state index in [1.807, 2.05) is 19.0 Å². The summed E-state index contributed by atoms with van der Waals surface area (Å²) in [6.45, 7) is 10.1. The lowest BCUT2D eigenvalue weighted by Gasteiger charge is -2.59. The molecule has 0 saturated heterocycles. The Morgan fingerprint density at radius 3 is 2.67 bits per heavy atom. The molecule has 2 atom stereocenters. The first-order valence-electron chi connectivity index (χ1n) is 8.45. The van der Waals surface area contributed by atoms with Crippen LogP contribution >= 0.6 is 11.3 Å². The zero-order valence-corrected chi connectivity index (χ0v) is 16.8. The Morgan fingerprint density at radius 1 is 1.46 bits per heavy atom. The fourth-order valence-corrected chi connectivity index (χ4v) is 3.69. The van der Waals surface area contributed by atoms with E-state index < -0.39 is 0 Å². The molecule has 0 radical (unpaired) electrons. The summed E-state index contributed by atoms with van der Waals surface area (Å²) in [6, 6.07) is 0.341. The molecule has 24 heavy (non-hydrogen) atoms. The number of hydrogen-bond donors (Lipinski definition) is 2. The van der Waals surface area contributed by atoms with Gasteiger partial charge >= 0.3 is 0 Å². The largest absolute Gasteiger partial charge is 0.378 e. The van der Waals surface area contributed by atoms with Crippen molar-refractivity contribution in [2.45, 2.75) is 52.3 Å². The first-order valence-corrected chi connectivity index (χ1v) is 9.33. The van der Waals surface area contributed by atoms with Crippen LogP contribution in [0.2, 0.25) is 0 Å². The van der Waals surface area contributed by atoms with Crippen molar-refractivity contribution >= 4 is 22.4 Å². The van der Waals surface area contributed by atoms with Gasteiger partial charge in [-0.3, -0.25) is 0 Å². The third-order valence-electron chi connectivity index (χ3n) is 5.25. The molecule has 6 nitrogen and oxygen atoms in total. The molecule has 1 aromatic rings. The Hall–Kier alpha value is -1.34. The number of guanidine groups is 1. The van der Waals surface area contributed by atoms with Gasteiger partial charge in [0.25, 0.3) is 0 Å². The zero-order chi connectivity index (χ0) is 18.0. The zero-order valence-electron chi connectivity index (χ0n) is 15.9. The first-order chi connectivity index (χ1) is 11.2. The van der Waals surface area contributed by atoms with Crippen LogP contribution in [0.3, 0.4) is 0 Å². The van der Waals surface area contributed by atoms with Crippen LogP contribution in [0, 0.1) is 5.41 Å². The maximum atomic E-state index is 5.70. The summed E-state index contributed by atoms with van der Waals surface area (Å²) in [5.41, 5.74) is 0.962. The lowest BCUT2D eigenvalue weighted by atomic mass is 9.56. The maximum absolute atomic E-state index is 5.70. The molecule has 7 heteroatoms. The molecule has 1 fully saturated rings. The van der Waals surface area contributed by atoms with Crippen molar-refractivity contribution in [3.63, 3.8) is 0 Å². The van der Waals surface area contributed by atoms with E-state index in [-0.39, 0.29) is 11.0 Å². The molecule has 1 aliphatic rings. The molecule has 2 N–H and O–H groups in total. The van der Waals surface area contributed by atoms with Gasteiger partial charge in [-0.25, -0.2) is 9.98 Å². The molecule has 0 aliphatic heterocycles. The lowest BCUT2D eigenvalue weighted by molar-refractivity contribution is -0.176. The third kappa shape index (κ3) is 3.67. The van der Waals surface area contributed by atoms with Gasteiger partial charge in [0.15, 0.2) is 11.1 Å². The second kappa shape index (κ2) is 7.27. The number of rotatable bonds is 6. The molecule has 0 spiro atoms. The Kier molecular flexibility index (Phi) is 5.75. The van der Waals surface area contributed by atoms with E-state index in [0.29, 0.717) is 12.6 Å². The molecule has 136 valence electrons. The van der Waals surface area contributed by atoms with Crippen molar-refractivity contribution in [3.05, 3.63) is 11.1 Å². The summed E-state index contributed by atoms with van der Waals surface area (Å²) >= 11 is 1.64. The number of aromatic nitrogens is 1. The third-order valence-corrected chi connectivity index (χ3v) is 6.31. The number of hydrogen-bond acceptors (Lipinski definition) is 5. The average Bonchev–Trinajstić information content (AvgIpc) is 3.01. The Labute approximate surface area is 149 Å². The van der Waals surface area contributed by atoms with Gasteiger partial charge in [-0.05, 0) is 20.3 Å². The van der Waals surface area contributed by atoms with E-state index in [2.05, 4.69) is 48.7 Å². The van der Waals surface area contributed by atoms with Crippen LogP contribution in [0.15, 0.2) is 10.4 Å². The monoisotopic (exact) mass is 353 g/mol. The van der Waals surface area contributed by atoms with Gasteiger partial charge < -0.3 is 20.3 Å². The molecule has 1 aromatic heterocycles. The minimum Gasteiger partial charge on any atom is -0.378 e. The van der Waals surface area contributed by atoms with Gasteiger partial charge in [0.05, 0.1) is 17.8 Å². The molecule has 2 unspecified atom stereocenters. The van der Waals surface area contributed by atoms with Crippen LogP contribution in [0.5, 0.6) is 0 Å². The van der Waals surface area contributed by atoms with Crippen molar-refractivity contribution in [2.24, 2.45) is 10.4 Å². The highest BCUT2D eigenvalue weighted by molar-refractivity contribution is 7.13. The lowest BCUT2D eigenvalue weighted by Crippen LogP contribution is -2.69. The highest BCUT2D eigenvalue weighted by Gasteiger charge is 2.58. The van der Waals surface area contributed by atoms with Crippen molar-refractivity contribution in [2.75, 3.05) is 32.6 Å². The van der Waals surface area contributed by atoms with Crippen LogP contribution in [0.1, 0.15) is 39.8 Å². The van der Waals surface area contributed by atoms with E-state index in [4.69, 9.17) is 9.73 Å². The molecule has 2 rings (SSSR count). The van der Waals surface area contributed by atoms with Gasteiger partial charge in [0, 0.05) is 44.6 Å². The summed E-state index contributed by atoms with van der Waals surface area (Å²) < 4.78 is 5.70. The fraction of sp³-hybridized carbons (Fsp3) is 0.765. The molecule has 1 aliphatic carbocycles. The number of nitrogens with one attached hydrogen (secondary N) is 2. The van der Waals surface area contributed by atoms with Crippen LogP contribution in [0.4, 0.5) is 5.13 Å². The number of ether oxygens (including phenoxy) is 1. The standard InChI is InChI=1S/C17H31N5OS/c1-8-18-14(19-10-12-11-24-15(20-12)22(5)6)21-13-9-17(4,23-7)16(13,2)3/h11,13H,8-10H2,1-7H3,(H2,18,19,21). The van der Waals surface area contributed by atoms with E-state index in [1.165, 1.54) is 0 Å². The maximum Gasteiger partial charge on any atom is 0.191 e. The highest BCUT2D eigenvalue weighted by Crippen LogP contribution is 2.51. The molecule has 1 saturated carbocycles. The molecule has 0 bridgehead atoms. The summed E-state index contributed by atoms with van der Waals surface area (Å²) in [7, 11) is 5.80. The number of anilines is 1. The number of thiazole rings is 1. The fourth-order valence-electron chi connectivity index (χ4n) is 2.94. The predicted molar refractivity (Wildman–Crippen MR) is 102 cm³/mol. The Bertz CT molecular complexity index is 583. The Balaban J connectivity index is 2.01. The molecule has 0 aromatic carbocycles. The Morgan fingerprint density at radius 2 is 2.17 bits per heavy atom. The van der Waals surface area contributed by atoms with Gasteiger partial charge in [-0.15, -0.1) is 11.3 Å². The van der Waals surface area contributed by atoms with E-state index in [0.717, 1.165) is 29.8 Å². The first kappa shape index (κ1) is 19.0. The van der Waals surface area contributed by atoms with E-state index in [1.54, 1.807) is 18.4 Å². The molecular weight excluding hydrogens is 322 g/mol. The van der Waals surface area contributed by atoms with Crippen LogP contribution < -0.4 is 15.5 Å². The van der Waals surface area contributed by atoms with Crippen LogP contribution in [-0.2, 0) is 11.3 Å². The van der Waals surface area contributed by atoms with Crippen LogP contribution in [-0.4, -0.2) is 50.3 Å². The second-order valence-corrected chi connectivity index (χ2v) is 8.11. The molecular formula is C17H31N5OS. The van der Waals surface area contributed by atoms with Crippen molar-refractivity contribution < 1.29 is 4.74 Å².